The Morgan fingerprint density at radius 3 is 2.64 bits per heavy atom. The highest BCUT2D eigenvalue weighted by Gasteiger charge is 2.08. The van der Waals surface area contributed by atoms with Gasteiger partial charge in [0.1, 0.15) is 6.26 Å². The molecule has 2 heterocycles. The van der Waals surface area contributed by atoms with E-state index < -0.39 is 0 Å². The lowest BCUT2D eigenvalue weighted by Gasteiger charge is -1.95. The normalized spacial score (nSPS) is 12.7. The molecule has 4 heteroatoms. The van der Waals surface area contributed by atoms with E-state index in [-0.39, 0.29) is 6.04 Å². The molecule has 0 aliphatic heterocycles. The Balaban J connectivity index is 2.34. The molecule has 0 aliphatic carbocycles. The first-order chi connectivity index (χ1) is 6.77. The highest BCUT2D eigenvalue weighted by molar-refractivity contribution is 5.51. The number of hydrogen-bond acceptors (Lipinski definition) is 4. The number of aromatic nitrogens is 2. The van der Waals surface area contributed by atoms with Gasteiger partial charge in [-0.1, -0.05) is 0 Å². The minimum absolute atomic E-state index is 0.102. The molecule has 1 unspecified atom stereocenters. The fourth-order valence-electron chi connectivity index (χ4n) is 1.12. The van der Waals surface area contributed by atoms with Crippen LogP contribution in [0.4, 0.5) is 0 Å². The van der Waals surface area contributed by atoms with Gasteiger partial charge in [-0.15, -0.1) is 0 Å². The van der Waals surface area contributed by atoms with Gasteiger partial charge in [0, 0.05) is 24.0 Å². The second-order valence-electron chi connectivity index (χ2n) is 3.10. The summed E-state index contributed by atoms with van der Waals surface area (Å²) in [6, 6.07) is 3.59. The molecule has 0 fully saturated rings. The summed E-state index contributed by atoms with van der Waals surface area (Å²) in [6.45, 7) is 1.87. The summed E-state index contributed by atoms with van der Waals surface area (Å²) in [6.07, 6.45) is 4.98. The van der Waals surface area contributed by atoms with Gasteiger partial charge >= 0.3 is 0 Å². The minimum Gasteiger partial charge on any atom is -0.444 e. The van der Waals surface area contributed by atoms with Crippen molar-refractivity contribution >= 4 is 0 Å². The van der Waals surface area contributed by atoms with Crippen molar-refractivity contribution in [3.63, 3.8) is 0 Å². The van der Waals surface area contributed by atoms with Crippen LogP contribution in [0, 0.1) is 0 Å². The Morgan fingerprint density at radius 1 is 1.36 bits per heavy atom. The number of hydrogen-bond donors (Lipinski definition) is 1. The summed E-state index contributed by atoms with van der Waals surface area (Å²) >= 11 is 0. The van der Waals surface area contributed by atoms with Gasteiger partial charge in [0.25, 0.3) is 0 Å². The molecule has 0 spiro atoms. The zero-order valence-corrected chi connectivity index (χ0v) is 7.84. The van der Waals surface area contributed by atoms with Gasteiger partial charge in [-0.25, -0.2) is 4.98 Å². The Hall–Kier alpha value is -1.68. The summed E-state index contributed by atoms with van der Waals surface area (Å²) in [5.74, 6) is 0.583. The predicted octanol–water partition coefficient (Wildman–Crippen LogP) is 1.76. The zero-order chi connectivity index (χ0) is 9.97. The van der Waals surface area contributed by atoms with Gasteiger partial charge in [0.15, 0.2) is 0 Å². The number of oxazole rings is 1. The van der Waals surface area contributed by atoms with Crippen molar-refractivity contribution in [1.29, 1.82) is 0 Å². The third-order valence-electron chi connectivity index (χ3n) is 1.92. The molecule has 72 valence electrons. The summed E-state index contributed by atoms with van der Waals surface area (Å²) in [5, 5.41) is 0. The molecule has 1 atom stereocenters. The molecule has 4 nitrogen and oxygen atoms in total. The summed E-state index contributed by atoms with van der Waals surface area (Å²) in [4.78, 5) is 8.18. The summed E-state index contributed by atoms with van der Waals surface area (Å²) < 4.78 is 5.29. The van der Waals surface area contributed by atoms with Crippen LogP contribution in [0.15, 0.2) is 35.2 Å². The quantitative estimate of drug-likeness (QED) is 0.781. The molecule has 0 aromatic carbocycles. The van der Waals surface area contributed by atoms with Crippen LogP contribution in [-0.4, -0.2) is 9.97 Å². The van der Waals surface area contributed by atoms with Gasteiger partial charge < -0.3 is 10.2 Å². The molecule has 0 amide bonds. The number of nitrogens with zero attached hydrogens (tertiary/aromatic N) is 2. The van der Waals surface area contributed by atoms with Gasteiger partial charge in [-0.2, -0.15) is 0 Å². The van der Waals surface area contributed by atoms with Crippen LogP contribution in [-0.2, 0) is 0 Å². The van der Waals surface area contributed by atoms with Crippen molar-refractivity contribution in [1.82, 2.24) is 9.97 Å². The van der Waals surface area contributed by atoms with Crippen molar-refractivity contribution in [2.45, 2.75) is 13.0 Å². The molecule has 0 aliphatic rings. The average Bonchev–Trinajstić information content (AvgIpc) is 2.68. The molecule has 2 aromatic rings. The largest absolute Gasteiger partial charge is 0.444 e. The monoisotopic (exact) mass is 189 g/mol. The Morgan fingerprint density at radius 2 is 2.07 bits per heavy atom. The van der Waals surface area contributed by atoms with E-state index in [1.165, 1.54) is 0 Å². The van der Waals surface area contributed by atoms with Crippen molar-refractivity contribution in [2.24, 2.45) is 5.73 Å². The molecular formula is C10H11N3O. The third kappa shape index (κ3) is 1.65. The predicted molar refractivity (Wildman–Crippen MR) is 52.3 cm³/mol. The standard InChI is InChI=1S/C10H11N3O/c1-7(11)9-6-14-10(13-9)8-2-4-12-5-3-8/h2-7H,11H2,1H3. The Labute approximate surface area is 81.8 Å². The number of pyridine rings is 1. The second kappa shape index (κ2) is 3.59. The highest BCUT2D eigenvalue weighted by atomic mass is 16.3. The SMILES string of the molecule is CC(N)c1coc(-c2ccncc2)n1. The summed E-state index contributed by atoms with van der Waals surface area (Å²) in [7, 11) is 0. The van der Waals surface area contributed by atoms with Gasteiger partial charge in [-0.05, 0) is 19.1 Å². The maximum atomic E-state index is 5.67. The molecule has 0 radical (unpaired) electrons. The Kier molecular flexibility index (Phi) is 2.28. The maximum absolute atomic E-state index is 5.67. The smallest absolute Gasteiger partial charge is 0.226 e. The van der Waals surface area contributed by atoms with Crippen LogP contribution < -0.4 is 5.73 Å². The molecule has 0 saturated heterocycles. The Bertz CT molecular complexity index is 408. The van der Waals surface area contributed by atoms with Crippen molar-refractivity contribution in [3.05, 3.63) is 36.5 Å². The molecule has 14 heavy (non-hydrogen) atoms. The van der Waals surface area contributed by atoms with Crippen LogP contribution >= 0.6 is 0 Å². The van der Waals surface area contributed by atoms with Crippen molar-refractivity contribution < 1.29 is 4.42 Å². The first-order valence-corrected chi connectivity index (χ1v) is 4.39. The molecule has 0 saturated carbocycles. The molecule has 0 bridgehead atoms. The zero-order valence-electron chi connectivity index (χ0n) is 7.84. The van der Waals surface area contributed by atoms with Crippen LogP contribution in [0.3, 0.4) is 0 Å². The lowest BCUT2D eigenvalue weighted by atomic mass is 10.2. The van der Waals surface area contributed by atoms with Gasteiger partial charge in [-0.3, -0.25) is 4.98 Å². The second-order valence-corrected chi connectivity index (χ2v) is 3.10. The summed E-state index contributed by atoms with van der Waals surface area (Å²) in [5.41, 5.74) is 7.34. The topological polar surface area (TPSA) is 64.9 Å². The number of nitrogens with two attached hydrogens (primary N) is 1. The van der Waals surface area contributed by atoms with E-state index >= 15 is 0 Å². The van der Waals surface area contributed by atoms with E-state index in [0.29, 0.717) is 5.89 Å². The maximum Gasteiger partial charge on any atom is 0.226 e. The van der Waals surface area contributed by atoms with Crippen molar-refractivity contribution in [3.8, 4) is 11.5 Å². The van der Waals surface area contributed by atoms with E-state index in [9.17, 15) is 0 Å². The van der Waals surface area contributed by atoms with E-state index in [0.717, 1.165) is 11.3 Å². The van der Waals surface area contributed by atoms with Crippen LogP contribution in [0.2, 0.25) is 0 Å². The highest BCUT2D eigenvalue weighted by Crippen LogP contribution is 2.19. The van der Waals surface area contributed by atoms with Crippen LogP contribution in [0.5, 0.6) is 0 Å². The lowest BCUT2D eigenvalue weighted by molar-refractivity contribution is 0.570. The van der Waals surface area contributed by atoms with Crippen LogP contribution in [0.25, 0.3) is 11.5 Å². The van der Waals surface area contributed by atoms with Crippen molar-refractivity contribution in [2.75, 3.05) is 0 Å². The lowest BCUT2D eigenvalue weighted by Crippen LogP contribution is -2.04. The first kappa shape index (κ1) is 8.90. The molecule has 2 rings (SSSR count). The van der Waals surface area contributed by atoms with Gasteiger partial charge in [0.05, 0.1) is 5.69 Å². The molecule has 2 N–H and O–H groups in total. The molecular weight excluding hydrogens is 178 g/mol. The first-order valence-electron chi connectivity index (χ1n) is 4.39. The third-order valence-corrected chi connectivity index (χ3v) is 1.92. The van der Waals surface area contributed by atoms with E-state index in [1.807, 2.05) is 19.1 Å². The van der Waals surface area contributed by atoms with E-state index in [2.05, 4.69) is 9.97 Å². The fourth-order valence-corrected chi connectivity index (χ4v) is 1.12. The fraction of sp³-hybridized carbons (Fsp3) is 0.200. The molecule has 2 aromatic heterocycles. The van der Waals surface area contributed by atoms with E-state index in [4.69, 9.17) is 10.2 Å². The van der Waals surface area contributed by atoms with Crippen LogP contribution in [0.1, 0.15) is 18.7 Å². The number of rotatable bonds is 2. The van der Waals surface area contributed by atoms with E-state index in [1.54, 1.807) is 18.7 Å². The van der Waals surface area contributed by atoms with Gasteiger partial charge in [0.2, 0.25) is 5.89 Å². The average molecular weight is 189 g/mol. The minimum atomic E-state index is -0.102.